The summed E-state index contributed by atoms with van der Waals surface area (Å²) in [5.74, 6) is 2.88. The number of unbranched alkanes of at least 4 members (excludes halogenated alkanes) is 1. The van der Waals surface area contributed by atoms with E-state index in [2.05, 4.69) is 50.8 Å². The highest BCUT2D eigenvalue weighted by atomic mass is 16.6. The molecule has 0 radical (unpaired) electrons. The zero-order chi connectivity index (χ0) is 36.7. The van der Waals surface area contributed by atoms with E-state index in [9.17, 15) is 5.11 Å². The maximum Gasteiger partial charge on any atom is 0.222 e. The van der Waals surface area contributed by atoms with Gasteiger partial charge in [-0.05, 0) is 49.4 Å². The van der Waals surface area contributed by atoms with Crippen molar-refractivity contribution in [3.05, 3.63) is 72.1 Å². The number of nitrogen functional groups attached to an aromatic ring is 2. The molecular weight excluding hydrogens is 676 g/mol. The van der Waals surface area contributed by atoms with E-state index in [1.165, 1.54) is 5.56 Å². The van der Waals surface area contributed by atoms with Gasteiger partial charge >= 0.3 is 0 Å². The highest BCUT2D eigenvalue weighted by molar-refractivity contribution is 5.88. The first-order chi connectivity index (χ1) is 25.9. The molecule has 0 aliphatic carbocycles. The average molecular weight is 723 g/mol. The summed E-state index contributed by atoms with van der Waals surface area (Å²) in [5.41, 5.74) is 18.2. The van der Waals surface area contributed by atoms with Crippen molar-refractivity contribution >= 4 is 45.6 Å². The zero-order valence-corrected chi connectivity index (χ0v) is 30.0. The molecule has 6 aromatic heterocycles. The van der Waals surface area contributed by atoms with Gasteiger partial charge in [-0.3, -0.25) is 9.97 Å². The molecular formula is C37H46N12O4. The van der Waals surface area contributed by atoms with Crippen LogP contribution in [0.1, 0.15) is 49.6 Å². The fourth-order valence-corrected chi connectivity index (χ4v) is 6.52. The fraction of sp³-hybridized carbons (Fsp3) is 0.405. The van der Waals surface area contributed by atoms with Crippen LogP contribution in [0.25, 0.3) is 22.1 Å². The van der Waals surface area contributed by atoms with E-state index in [0.717, 1.165) is 59.1 Å². The summed E-state index contributed by atoms with van der Waals surface area (Å²) in [6, 6.07) is 9.86. The maximum atomic E-state index is 10.1. The minimum atomic E-state index is -0.493. The molecule has 1 aliphatic rings. The average Bonchev–Trinajstić information content (AvgIpc) is 3.92. The van der Waals surface area contributed by atoms with E-state index < -0.39 is 6.10 Å². The number of aliphatic hydroxyl groups is 1. The largest absolute Gasteiger partial charge is 0.491 e. The van der Waals surface area contributed by atoms with Gasteiger partial charge < -0.3 is 50.6 Å². The van der Waals surface area contributed by atoms with Crippen LogP contribution < -0.4 is 31.6 Å². The standard InChI is InChI=1S/C37H46N12O4/c1-3-25(50)18-43-35-33-28(45-37(39)47-35)10-15-49(33)21-29-23(8-6-13-40-29)7-4-5-12-41-34-32-27(44-36(38)46-34)9-14-48(32)20-24-17-30(31(51-2)19-42-24)53-26-11-16-52-22-26/h6,8-10,13-15,17,19,25-26,50H,3-5,7,11-12,16,18,20-22H2,1-2H3,(H3,38,41,44,46)(H3,39,43,45,47). The van der Waals surface area contributed by atoms with Crippen LogP contribution in [0.4, 0.5) is 23.5 Å². The van der Waals surface area contributed by atoms with Gasteiger partial charge in [-0.25, -0.2) is 9.97 Å². The lowest BCUT2D eigenvalue weighted by molar-refractivity contribution is 0.138. The minimum absolute atomic E-state index is 0.0129. The number of aliphatic hydroxyl groups excluding tert-OH is 1. The molecule has 16 heteroatoms. The smallest absolute Gasteiger partial charge is 0.222 e. The monoisotopic (exact) mass is 722 g/mol. The van der Waals surface area contributed by atoms with Gasteiger partial charge in [0.2, 0.25) is 11.9 Å². The Balaban J connectivity index is 1.00. The molecule has 0 bridgehead atoms. The van der Waals surface area contributed by atoms with Gasteiger partial charge in [-0.1, -0.05) is 13.0 Å². The van der Waals surface area contributed by atoms with Crippen molar-refractivity contribution in [3.8, 4) is 11.5 Å². The summed E-state index contributed by atoms with van der Waals surface area (Å²) in [5, 5.41) is 16.9. The van der Waals surface area contributed by atoms with Gasteiger partial charge in [0, 0.05) is 44.2 Å². The second-order valence-electron chi connectivity index (χ2n) is 13.1. The number of nitrogens with two attached hydrogens (primary N) is 2. The Morgan fingerprint density at radius 2 is 1.68 bits per heavy atom. The van der Waals surface area contributed by atoms with Crippen LogP contribution in [-0.2, 0) is 24.2 Å². The van der Waals surface area contributed by atoms with Gasteiger partial charge in [-0.15, -0.1) is 0 Å². The second-order valence-corrected chi connectivity index (χ2v) is 13.1. The molecule has 278 valence electrons. The van der Waals surface area contributed by atoms with Crippen LogP contribution in [0.2, 0.25) is 0 Å². The summed E-state index contributed by atoms with van der Waals surface area (Å²) < 4.78 is 21.3. The van der Waals surface area contributed by atoms with E-state index in [4.69, 9.17) is 30.7 Å². The Bertz CT molecular complexity index is 2160. The van der Waals surface area contributed by atoms with E-state index in [-0.39, 0.29) is 18.0 Å². The summed E-state index contributed by atoms with van der Waals surface area (Å²) in [7, 11) is 1.61. The second kappa shape index (κ2) is 16.3. The van der Waals surface area contributed by atoms with Crippen molar-refractivity contribution in [2.75, 3.05) is 55.5 Å². The van der Waals surface area contributed by atoms with Crippen LogP contribution in [0.5, 0.6) is 11.5 Å². The van der Waals surface area contributed by atoms with E-state index in [1.54, 1.807) is 13.3 Å². The number of nitrogens with zero attached hydrogens (tertiary/aromatic N) is 8. The third-order valence-corrected chi connectivity index (χ3v) is 9.32. The van der Waals surface area contributed by atoms with Crippen LogP contribution in [0.15, 0.2) is 55.1 Å². The molecule has 2 unspecified atom stereocenters. The Hall–Kier alpha value is -5.74. The third kappa shape index (κ3) is 8.34. The number of anilines is 4. The number of rotatable bonds is 17. The molecule has 53 heavy (non-hydrogen) atoms. The lowest BCUT2D eigenvalue weighted by atomic mass is 10.1. The molecule has 0 amide bonds. The van der Waals surface area contributed by atoms with Crippen LogP contribution in [0.3, 0.4) is 0 Å². The SMILES string of the molecule is CCC(O)CNc1nc(N)nc2ccn(Cc3ncccc3CCCCNc3nc(N)nc4ccn(Cc5cc(OC6CCOC6)c(OC)cn5)c34)c12. The Morgan fingerprint density at radius 1 is 0.943 bits per heavy atom. The molecule has 1 saturated heterocycles. The Labute approximate surface area is 307 Å². The van der Waals surface area contributed by atoms with E-state index in [0.29, 0.717) is 68.9 Å². The number of fused-ring (bicyclic) bond motifs is 2. The zero-order valence-electron chi connectivity index (χ0n) is 30.0. The van der Waals surface area contributed by atoms with Gasteiger partial charge in [-0.2, -0.15) is 9.97 Å². The number of methoxy groups -OCH3 is 1. The normalized spacial score (nSPS) is 14.9. The van der Waals surface area contributed by atoms with E-state index in [1.807, 2.05) is 49.8 Å². The van der Waals surface area contributed by atoms with Gasteiger partial charge in [0.15, 0.2) is 23.1 Å². The lowest BCUT2D eigenvalue weighted by Crippen LogP contribution is -2.20. The summed E-state index contributed by atoms with van der Waals surface area (Å²) in [6.07, 6.45) is 11.1. The first-order valence-electron chi connectivity index (χ1n) is 18.0. The summed E-state index contributed by atoms with van der Waals surface area (Å²) in [4.78, 5) is 27.3. The Morgan fingerprint density at radius 3 is 2.38 bits per heavy atom. The molecule has 7 rings (SSSR count). The molecule has 0 aromatic carbocycles. The maximum absolute atomic E-state index is 10.1. The number of nitrogens with one attached hydrogen (secondary N) is 2. The first-order valence-corrected chi connectivity index (χ1v) is 18.0. The predicted octanol–water partition coefficient (Wildman–Crippen LogP) is 4.02. The molecule has 1 aliphatic heterocycles. The highest BCUT2D eigenvalue weighted by Gasteiger charge is 2.21. The van der Waals surface area contributed by atoms with Crippen LogP contribution in [0, 0.1) is 0 Å². The number of hydrogen-bond donors (Lipinski definition) is 5. The van der Waals surface area contributed by atoms with Gasteiger partial charge in [0.05, 0.1) is 68.1 Å². The fourth-order valence-electron chi connectivity index (χ4n) is 6.52. The number of aromatic nitrogens is 8. The number of hydrogen-bond acceptors (Lipinski definition) is 14. The molecule has 2 atom stereocenters. The molecule has 0 saturated carbocycles. The highest BCUT2D eigenvalue weighted by Crippen LogP contribution is 2.31. The number of aryl methyl sites for hydroxylation is 1. The molecule has 7 heterocycles. The first kappa shape index (κ1) is 35.7. The molecule has 6 aromatic rings. The van der Waals surface area contributed by atoms with E-state index >= 15 is 0 Å². The summed E-state index contributed by atoms with van der Waals surface area (Å²) >= 11 is 0. The third-order valence-electron chi connectivity index (χ3n) is 9.32. The topological polar surface area (TPSA) is 211 Å². The molecule has 7 N–H and O–H groups in total. The van der Waals surface area contributed by atoms with Crippen molar-refractivity contribution < 1.29 is 19.3 Å². The molecule has 0 spiro atoms. The van der Waals surface area contributed by atoms with Crippen molar-refractivity contribution in [2.45, 2.75) is 64.3 Å². The van der Waals surface area contributed by atoms with Gasteiger partial charge in [0.1, 0.15) is 17.1 Å². The van der Waals surface area contributed by atoms with Crippen molar-refractivity contribution in [1.29, 1.82) is 0 Å². The quantitative estimate of drug-likeness (QED) is 0.0842. The number of pyridine rings is 2. The predicted molar refractivity (Wildman–Crippen MR) is 203 cm³/mol. The van der Waals surface area contributed by atoms with Crippen molar-refractivity contribution in [2.24, 2.45) is 0 Å². The molecule has 1 fully saturated rings. The van der Waals surface area contributed by atoms with Crippen LogP contribution in [-0.4, -0.2) is 89.8 Å². The van der Waals surface area contributed by atoms with Crippen molar-refractivity contribution in [3.63, 3.8) is 0 Å². The summed E-state index contributed by atoms with van der Waals surface area (Å²) in [6.45, 7) is 5.25. The van der Waals surface area contributed by atoms with Crippen LogP contribution >= 0.6 is 0 Å². The Kier molecular flexibility index (Phi) is 11.0. The minimum Gasteiger partial charge on any atom is -0.491 e. The molecule has 16 nitrogen and oxygen atoms in total. The van der Waals surface area contributed by atoms with Crippen molar-refractivity contribution in [1.82, 2.24) is 39.0 Å². The van der Waals surface area contributed by atoms with Gasteiger partial charge in [0.25, 0.3) is 0 Å². The number of ether oxygens (including phenoxy) is 3. The lowest BCUT2D eigenvalue weighted by Gasteiger charge is -2.16.